The summed E-state index contributed by atoms with van der Waals surface area (Å²) in [5, 5.41) is 0. The number of amides is 2. The van der Waals surface area contributed by atoms with Gasteiger partial charge >= 0.3 is 6.03 Å². The zero-order chi connectivity index (χ0) is 13.5. The summed E-state index contributed by atoms with van der Waals surface area (Å²) in [5.41, 5.74) is 5.63. The van der Waals surface area contributed by atoms with Crippen LogP contribution in [0.25, 0.3) is 0 Å². The lowest BCUT2D eigenvalue weighted by molar-refractivity contribution is 0.0623. The molecule has 2 rings (SSSR count). The Morgan fingerprint density at radius 1 is 1.61 bits per heavy atom. The third-order valence-corrected chi connectivity index (χ3v) is 4.75. The predicted octanol–water partition coefficient (Wildman–Crippen LogP) is 2.00. The van der Waals surface area contributed by atoms with Crippen LogP contribution in [0.5, 0.6) is 0 Å². The van der Waals surface area contributed by atoms with E-state index in [1.807, 2.05) is 6.92 Å². The average molecular weight is 247 g/mol. The van der Waals surface area contributed by atoms with E-state index in [0.29, 0.717) is 11.8 Å². The zero-order valence-corrected chi connectivity index (χ0v) is 11.3. The monoisotopic (exact) mass is 247 g/mol. The number of amidine groups is 1. The highest BCUT2D eigenvalue weighted by atomic mass is 16.2. The maximum Gasteiger partial charge on any atom is 0.347 e. The van der Waals surface area contributed by atoms with Gasteiger partial charge in [0.25, 0.3) is 0 Å². The predicted molar refractivity (Wildman–Crippen MR) is 72.1 cm³/mol. The molecule has 1 aliphatic heterocycles. The van der Waals surface area contributed by atoms with Crippen molar-refractivity contribution in [3.05, 3.63) is 0 Å². The minimum Gasteiger partial charge on any atom is -0.385 e. The fraction of sp³-hybridized carbons (Fsp3) is 0.714. The van der Waals surface area contributed by atoms with Gasteiger partial charge in [-0.25, -0.2) is 4.79 Å². The van der Waals surface area contributed by atoms with Crippen LogP contribution in [0.4, 0.5) is 4.79 Å². The molecule has 1 saturated carbocycles. The highest BCUT2D eigenvalue weighted by molar-refractivity contribution is 6.06. The lowest BCUT2D eigenvalue weighted by Gasteiger charge is -2.49. The Balaban J connectivity index is 2.47. The summed E-state index contributed by atoms with van der Waals surface area (Å²) in [6.45, 7) is 6.22. The van der Waals surface area contributed by atoms with E-state index in [1.54, 1.807) is 4.90 Å². The quantitative estimate of drug-likeness (QED) is 0.720. The van der Waals surface area contributed by atoms with Crippen LogP contribution in [0, 0.1) is 24.2 Å². The molecule has 4 heteroatoms. The molecule has 4 unspecified atom stereocenters. The molecule has 1 fully saturated rings. The first-order chi connectivity index (χ1) is 8.45. The van der Waals surface area contributed by atoms with Crippen molar-refractivity contribution in [3.8, 4) is 12.3 Å². The van der Waals surface area contributed by atoms with Crippen molar-refractivity contribution in [3.63, 3.8) is 0 Å². The molecule has 1 spiro atoms. The molecule has 0 aromatic rings. The second-order valence-corrected chi connectivity index (χ2v) is 5.57. The highest BCUT2D eigenvalue weighted by Crippen LogP contribution is 2.45. The van der Waals surface area contributed by atoms with Gasteiger partial charge in [-0.15, -0.1) is 6.42 Å². The second kappa shape index (κ2) is 4.31. The van der Waals surface area contributed by atoms with Gasteiger partial charge in [-0.3, -0.25) is 4.90 Å². The summed E-state index contributed by atoms with van der Waals surface area (Å²) in [4.78, 5) is 17.8. The van der Waals surface area contributed by atoms with E-state index in [0.717, 1.165) is 12.8 Å². The second-order valence-electron chi connectivity index (χ2n) is 5.57. The van der Waals surface area contributed by atoms with Gasteiger partial charge in [-0.05, 0) is 25.2 Å². The Morgan fingerprint density at radius 3 is 2.89 bits per heavy atom. The number of carbonyl (C=O) groups is 1. The van der Waals surface area contributed by atoms with Gasteiger partial charge in [0.15, 0.2) is 0 Å². The summed E-state index contributed by atoms with van der Waals surface area (Å²) in [5.74, 6) is 3.90. The van der Waals surface area contributed by atoms with Crippen molar-refractivity contribution in [2.45, 2.75) is 51.6 Å². The van der Waals surface area contributed by atoms with E-state index in [1.165, 1.54) is 6.42 Å². The number of aliphatic imine (C=N–C) groups is 1. The van der Waals surface area contributed by atoms with Gasteiger partial charge in [0.05, 0.1) is 6.04 Å². The van der Waals surface area contributed by atoms with Crippen molar-refractivity contribution in [1.29, 1.82) is 0 Å². The molecule has 2 amide bonds. The Hall–Kier alpha value is -1.50. The van der Waals surface area contributed by atoms with Crippen LogP contribution in [0.15, 0.2) is 4.99 Å². The third-order valence-electron chi connectivity index (χ3n) is 4.75. The molecule has 1 aliphatic carbocycles. The van der Waals surface area contributed by atoms with E-state index in [4.69, 9.17) is 12.2 Å². The number of rotatable bonds is 1. The molecule has 2 aliphatic rings. The van der Waals surface area contributed by atoms with Crippen LogP contribution < -0.4 is 5.73 Å². The number of urea groups is 1. The lowest BCUT2D eigenvalue weighted by Crippen LogP contribution is -2.63. The van der Waals surface area contributed by atoms with Crippen LogP contribution in [0.1, 0.15) is 40.0 Å². The Kier molecular flexibility index (Phi) is 3.10. The van der Waals surface area contributed by atoms with E-state index >= 15 is 0 Å². The van der Waals surface area contributed by atoms with Gasteiger partial charge in [0.1, 0.15) is 11.4 Å². The van der Waals surface area contributed by atoms with Gasteiger partial charge < -0.3 is 5.73 Å². The number of terminal acetylenes is 1. The van der Waals surface area contributed by atoms with Crippen molar-refractivity contribution < 1.29 is 4.79 Å². The van der Waals surface area contributed by atoms with Gasteiger partial charge in [0, 0.05) is 0 Å². The summed E-state index contributed by atoms with van der Waals surface area (Å²) in [7, 11) is 0. The van der Waals surface area contributed by atoms with Crippen LogP contribution in [-0.4, -0.2) is 28.3 Å². The zero-order valence-electron chi connectivity index (χ0n) is 11.3. The normalized spacial score (nSPS) is 37.6. The van der Waals surface area contributed by atoms with E-state index < -0.39 is 5.54 Å². The SMILES string of the molecule is C#CC(C)N1C(=O)N=C(N)C12CCCC(C)C2C. The van der Waals surface area contributed by atoms with E-state index in [9.17, 15) is 4.79 Å². The summed E-state index contributed by atoms with van der Waals surface area (Å²) in [6.07, 6.45) is 8.59. The van der Waals surface area contributed by atoms with E-state index in [-0.39, 0.29) is 18.0 Å². The van der Waals surface area contributed by atoms with Crippen LogP contribution in [0.2, 0.25) is 0 Å². The molecule has 0 radical (unpaired) electrons. The van der Waals surface area contributed by atoms with Crippen LogP contribution >= 0.6 is 0 Å². The Bertz CT molecular complexity index is 437. The molecule has 18 heavy (non-hydrogen) atoms. The molecule has 2 N–H and O–H groups in total. The molecule has 4 nitrogen and oxygen atoms in total. The maximum atomic E-state index is 12.1. The Labute approximate surface area is 109 Å². The first-order valence-electron chi connectivity index (χ1n) is 6.59. The summed E-state index contributed by atoms with van der Waals surface area (Å²) in [6, 6.07) is -0.547. The lowest BCUT2D eigenvalue weighted by atomic mass is 9.67. The van der Waals surface area contributed by atoms with Crippen LogP contribution in [0.3, 0.4) is 0 Å². The minimum absolute atomic E-state index is 0.268. The van der Waals surface area contributed by atoms with Crippen LogP contribution in [-0.2, 0) is 0 Å². The van der Waals surface area contributed by atoms with E-state index in [2.05, 4.69) is 24.8 Å². The molecule has 0 aromatic carbocycles. The minimum atomic E-state index is -0.458. The fourth-order valence-electron chi connectivity index (χ4n) is 3.48. The van der Waals surface area contributed by atoms with Gasteiger partial charge in [0.2, 0.25) is 0 Å². The summed E-state index contributed by atoms with van der Waals surface area (Å²) < 4.78 is 0. The standard InChI is InChI=1S/C14H21N3O/c1-5-10(3)17-13(18)16-12(15)14(17)8-6-7-9(2)11(14)4/h1,9-11H,6-8H2,2-4H3,(H2,15,16,18). The van der Waals surface area contributed by atoms with Crippen molar-refractivity contribution in [1.82, 2.24) is 4.90 Å². The molecular formula is C14H21N3O. The fourth-order valence-corrected chi connectivity index (χ4v) is 3.48. The average Bonchev–Trinajstić information content (AvgIpc) is 2.58. The number of nitrogens with zero attached hydrogens (tertiary/aromatic N) is 2. The number of hydrogen-bond donors (Lipinski definition) is 1. The Morgan fingerprint density at radius 2 is 2.28 bits per heavy atom. The maximum absolute atomic E-state index is 12.1. The molecule has 1 heterocycles. The number of hydrogen-bond acceptors (Lipinski definition) is 2. The van der Waals surface area contributed by atoms with Crippen molar-refractivity contribution in [2.24, 2.45) is 22.6 Å². The van der Waals surface area contributed by atoms with Crippen molar-refractivity contribution in [2.75, 3.05) is 0 Å². The third kappa shape index (κ3) is 1.53. The summed E-state index contributed by atoms with van der Waals surface area (Å²) >= 11 is 0. The topological polar surface area (TPSA) is 58.7 Å². The first-order valence-corrected chi connectivity index (χ1v) is 6.59. The molecule has 0 aromatic heterocycles. The largest absolute Gasteiger partial charge is 0.385 e. The van der Waals surface area contributed by atoms with Crippen molar-refractivity contribution >= 4 is 11.9 Å². The van der Waals surface area contributed by atoms with Gasteiger partial charge in [-0.2, -0.15) is 4.99 Å². The highest BCUT2D eigenvalue weighted by Gasteiger charge is 2.55. The van der Waals surface area contributed by atoms with Gasteiger partial charge in [-0.1, -0.05) is 32.6 Å². The molecule has 98 valence electrons. The molecular weight excluding hydrogens is 226 g/mol. The molecule has 4 atom stereocenters. The first kappa shape index (κ1) is 12.9. The molecule has 0 saturated heterocycles. The molecule has 0 bridgehead atoms. The number of carbonyl (C=O) groups excluding carboxylic acids is 1. The smallest absolute Gasteiger partial charge is 0.347 e. The number of nitrogens with two attached hydrogens (primary N) is 1.